The number of aromatic nitrogens is 1. The highest BCUT2D eigenvalue weighted by Gasteiger charge is 2.22. The molecule has 0 radical (unpaired) electrons. The summed E-state index contributed by atoms with van der Waals surface area (Å²) in [5, 5.41) is 14.8. The number of carbonyl (C=O) groups excluding carboxylic acids is 1. The summed E-state index contributed by atoms with van der Waals surface area (Å²) < 4.78 is 5.22. The van der Waals surface area contributed by atoms with Crippen LogP contribution in [0.4, 0.5) is 5.00 Å². The first-order chi connectivity index (χ1) is 12.5. The van der Waals surface area contributed by atoms with Crippen LogP contribution < -0.4 is 5.32 Å². The van der Waals surface area contributed by atoms with Gasteiger partial charge in [-0.2, -0.15) is 0 Å². The Morgan fingerprint density at radius 1 is 1.19 bits per heavy atom. The van der Waals surface area contributed by atoms with E-state index in [-0.39, 0.29) is 16.3 Å². The number of fused-ring (bicyclic) bond motifs is 1. The summed E-state index contributed by atoms with van der Waals surface area (Å²) in [6.07, 6.45) is 1.52. The average molecular weight is 387 g/mol. The number of nitrogens with one attached hydrogen (secondary N) is 2. The van der Waals surface area contributed by atoms with Crippen LogP contribution in [0.15, 0.2) is 52.5 Å². The SMILES string of the molecule is O=C(Nc1scc(-c2ccc(Cl)cc2)c1C(=O)O)c1cc2occc2[nH]1. The van der Waals surface area contributed by atoms with Gasteiger partial charge in [-0.1, -0.05) is 23.7 Å². The van der Waals surface area contributed by atoms with Gasteiger partial charge in [-0.25, -0.2) is 4.79 Å². The fraction of sp³-hybridized carbons (Fsp3) is 0. The first-order valence-corrected chi connectivity index (χ1v) is 8.77. The van der Waals surface area contributed by atoms with Crippen molar-refractivity contribution in [2.45, 2.75) is 0 Å². The van der Waals surface area contributed by atoms with Gasteiger partial charge in [0.2, 0.25) is 0 Å². The Hall–Kier alpha value is -3.03. The van der Waals surface area contributed by atoms with Crippen molar-refractivity contribution in [1.82, 2.24) is 4.98 Å². The zero-order chi connectivity index (χ0) is 18.3. The molecule has 4 rings (SSSR count). The maximum atomic E-state index is 12.5. The van der Waals surface area contributed by atoms with Crippen LogP contribution in [0, 0.1) is 0 Å². The molecule has 6 nitrogen and oxygen atoms in total. The molecule has 0 unspecified atom stereocenters. The monoisotopic (exact) mass is 386 g/mol. The molecule has 0 saturated carbocycles. The Morgan fingerprint density at radius 2 is 1.96 bits per heavy atom. The van der Waals surface area contributed by atoms with Crippen molar-refractivity contribution in [1.29, 1.82) is 0 Å². The van der Waals surface area contributed by atoms with Gasteiger partial charge in [-0.3, -0.25) is 4.79 Å². The quantitative estimate of drug-likeness (QED) is 0.455. The Labute approximate surface area is 156 Å². The molecular formula is C18H11ClN2O4S. The molecular weight excluding hydrogens is 376 g/mol. The molecule has 0 aliphatic heterocycles. The van der Waals surface area contributed by atoms with Gasteiger partial charge in [0.25, 0.3) is 5.91 Å². The smallest absolute Gasteiger partial charge is 0.339 e. The predicted molar refractivity (Wildman–Crippen MR) is 100 cm³/mol. The van der Waals surface area contributed by atoms with Gasteiger partial charge in [0.15, 0.2) is 5.58 Å². The predicted octanol–water partition coefficient (Wildman–Crippen LogP) is 5.09. The van der Waals surface area contributed by atoms with Crippen molar-refractivity contribution >= 4 is 50.9 Å². The highest BCUT2D eigenvalue weighted by atomic mass is 35.5. The number of aromatic carboxylic acids is 1. The molecule has 1 amide bonds. The molecule has 26 heavy (non-hydrogen) atoms. The highest BCUT2D eigenvalue weighted by Crippen LogP contribution is 2.36. The van der Waals surface area contributed by atoms with Gasteiger partial charge in [0, 0.05) is 28.1 Å². The zero-order valence-electron chi connectivity index (χ0n) is 13.1. The molecule has 0 saturated heterocycles. The minimum absolute atomic E-state index is 0.0425. The van der Waals surface area contributed by atoms with Crippen LogP contribution in [0.5, 0.6) is 0 Å². The first-order valence-electron chi connectivity index (χ1n) is 7.51. The lowest BCUT2D eigenvalue weighted by molar-refractivity contribution is 0.0699. The van der Waals surface area contributed by atoms with Crippen LogP contribution in [-0.2, 0) is 0 Å². The summed E-state index contributed by atoms with van der Waals surface area (Å²) in [7, 11) is 0. The summed E-state index contributed by atoms with van der Waals surface area (Å²) in [6, 6.07) is 10.1. The number of thiophene rings is 1. The second kappa shape index (κ2) is 6.36. The number of amides is 1. The molecule has 8 heteroatoms. The van der Waals surface area contributed by atoms with E-state index in [2.05, 4.69) is 10.3 Å². The molecule has 0 aliphatic rings. The number of benzene rings is 1. The van der Waals surface area contributed by atoms with E-state index in [1.165, 1.54) is 6.26 Å². The number of aromatic amines is 1. The number of hydrogen-bond acceptors (Lipinski definition) is 4. The number of carboxylic acids is 1. The Bertz CT molecular complexity index is 1100. The molecule has 4 aromatic rings. The van der Waals surface area contributed by atoms with E-state index in [4.69, 9.17) is 16.0 Å². The van der Waals surface area contributed by atoms with E-state index in [1.807, 2.05) is 0 Å². The number of halogens is 1. The summed E-state index contributed by atoms with van der Waals surface area (Å²) in [5.74, 6) is -1.56. The Morgan fingerprint density at radius 3 is 2.65 bits per heavy atom. The van der Waals surface area contributed by atoms with Gasteiger partial charge in [-0.05, 0) is 17.7 Å². The van der Waals surface area contributed by atoms with Crippen LogP contribution in [-0.4, -0.2) is 22.0 Å². The maximum absolute atomic E-state index is 12.5. The molecule has 130 valence electrons. The molecule has 3 heterocycles. The van der Waals surface area contributed by atoms with Crippen LogP contribution in [0.3, 0.4) is 0 Å². The lowest BCUT2D eigenvalue weighted by atomic mass is 10.0. The standard InChI is InChI=1S/C18H11ClN2O4S/c19-10-3-1-9(2-4-10)11-8-26-17(15(11)18(23)24)21-16(22)13-7-14-12(20-13)5-6-25-14/h1-8,20H,(H,21,22)(H,23,24). The fourth-order valence-corrected chi connectivity index (χ4v) is 3.73. The number of rotatable bonds is 4. The maximum Gasteiger partial charge on any atom is 0.339 e. The van der Waals surface area contributed by atoms with Gasteiger partial charge >= 0.3 is 5.97 Å². The van der Waals surface area contributed by atoms with Gasteiger partial charge in [0.1, 0.15) is 16.3 Å². The molecule has 1 aromatic carbocycles. The third kappa shape index (κ3) is 2.87. The number of carbonyl (C=O) groups is 2. The zero-order valence-corrected chi connectivity index (χ0v) is 14.6. The van der Waals surface area contributed by atoms with Crippen LogP contribution in [0.25, 0.3) is 22.2 Å². The molecule has 0 fully saturated rings. The molecule has 0 aliphatic carbocycles. The lowest BCUT2D eigenvalue weighted by Crippen LogP contribution is -2.13. The van der Waals surface area contributed by atoms with Crippen molar-refractivity contribution < 1.29 is 19.1 Å². The second-order valence-electron chi connectivity index (χ2n) is 5.50. The van der Waals surface area contributed by atoms with Crippen LogP contribution in [0.2, 0.25) is 5.02 Å². The lowest BCUT2D eigenvalue weighted by Gasteiger charge is -2.05. The largest absolute Gasteiger partial charge is 0.478 e. The Balaban J connectivity index is 1.68. The van der Waals surface area contributed by atoms with Crippen LogP contribution in [0.1, 0.15) is 20.8 Å². The van der Waals surface area contributed by atoms with E-state index < -0.39 is 11.9 Å². The molecule has 3 N–H and O–H groups in total. The molecule has 3 aromatic heterocycles. The van der Waals surface area contributed by atoms with E-state index in [1.54, 1.807) is 41.8 Å². The first kappa shape index (κ1) is 16.4. The normalized spacial score (nSPS) is 11.0. The molecule has 0 bridgehead atoms. The summed E-state index contributed by atoms with van der Waals surface area (Å²) in [6.45, 7) is 0. The molecule has 0 atom stereocenters. The van der Waals surface area contributed by atoms with Crippen molar-refractivity contribution in [3.8, 4) is 11.1 Å². The second-order valence-corrected chi connectivity index (χ2v) is 6.82. The summed E-state index contributed by atoms with van der Waals surface area (Å²) in [5.41, 5.74) is 2.82. The van der Waals surface area contributed by atoms with Gasteiger partial charge in [0.05, 0.1) is 11.8 Å². The topological polar surface area (TPSA) is 95.3 Å². The highest BCUT2D eigenvalue weighted by molar-refractivity contribution is 7.15. The molecule has 0 spiro atoms. The van der Waals surface area contributed by atoms with E-state index in [0.717, 1.165) is 11.3 Å². The minimum atomic E-state index is -1.12. The third-order valence-electron chi connectivity index (χ3n) is 3.87. The van der Waals surface area contributed by atoms with Crippen LogP contribution >= 0.6 is 22.9 Å². The average Bonchev–Trinajstić information content (AvgIpc) is 3.29. The number of anilines is 1. The number of H-pyrrole nitrogens is 1. The van der Waals surface area contributed by atoms with Gasteiger partial charge < -0.3 is 19.8 Å². The number of carboxylic acid groups (broad SMARTS) is 1. The third-order valence-corrected chi connectivity index (χ3v) is 5.02. The van der Waals surface area contributed by atoms with Gasteiger partial charge in [-0.15, -0.1) is 11.3 Å². The van der Waals surface area contributed by atoms with Crippen molar-refractivity contribution in [3.63, 3.8) is 0 Å². The van der Waals surface area contributed by atoms with Crippen molar-refractivity contribution in [2.24, 2.45) is 0 Å². The van der Waals surface area contributed by atoms with Crippen molar-refractivity contribution in [3.05, 3.63) is 64.3 Å². The summed E-state index contributed by atoms with van der Waals surface area (Å²) in [4.78, 5) is 27.2. The number of hydrogen-bond donors (Lipinski definition) is 3. The minimum Gasteiger partial charge on any atom is -0.478 e. The van der Waals surface area contributed by atoms with E-state index in [0.29, 0.717) is 27.2 Å². The van der Waals surface area contributed by atoms with Crippen molar-refractivity contribution in [2.75, 3.05) is 5.32 Å². The van der Waals surface area contributed by atoms with E-state index in [9.17, 15) is 14.7 Å². The Kier molecular flexibility index (Phi) is 4.02. The fourth-order valence-electron chi connectivity index (χ4n) is 2.65. The van der Waals surface area contributed by atoms with E-state index >= 15 is 0 Å². The number of furan rings is 1. The summed E-state index contributed by atoms with van der Waals surface area (Å²) >= 11 is 7.04.